The molecule has 2 aliphatic heterocycles. The van der Waals surface area contributed by atoms with Gasteiger partial charge in [0, 0.05) is 49.8 Å². The SMILES string of the molecule is CN(C)S(=O)(=O)c1ccc2c(c1)CCN2C(=O)C1CCN(S(=O)(=O)Cc2cccc(Br)c2)CC1. The molecule has 0 spiro atoms. The van der Waals surface area contributed by atoms with E-state index < -0.39 is 20.0 Å². The lowest BCUT2D eigenvalue weighted by atomic mass is 9.96. The van der Waals surface area contributed by atoms with Crippen LogP contribution in [0.1, 0.15) is 24.0 Å². The molecule has 34 heavy (non-hydrogen) atoms. The van der Waals surface area contributed by atoms with Crippen molar-refractivity contribution in [3.63, 3.8) is 0 Å². The van der Waals surface area contributed by atoms with Crippen molar-refractivity contribution in [2.45, 2.75) is 29.9 Å². The Hall–Kier alpha value is -1.79. The smallest absolute Gasteiger partial charge is 0.242 e. The van der Waals surface area contributed by atoms with Gasteiger partial charge in [0.2, 0.25) is 26.0 Å². The lowest BCUT2D eigenvalue weighted by molar-refractivity contribution is -0.123. The number of benzene rings is 2. The molecule has 4 rings (SSSR count). The summed E-state index contributed by atoms with van der Waals surface area (Å²) in [7, 11) is -4.03. The van der Waals surface area contributed by atoms with Crippen molar-refractivity contribution < 1.29 is 21.6 Å². The van der Waals surface area contributed by atoms with Gasteiger partial charge in [0.15, 0.2) is 0 Å². The molecular weight excluding hydrogens is 542 g/mol. The van der Waals surface area contributed by atoms with E-state index in [1.807, 2.05) is 12.1 Å². The summed E-state index contributed by atoms with van der Waals surface area (Å²) >= 11 is 3.37. The van der Waals surface area contributed by atoms with Gasteiger partial charge in [-0.3, -0.25) is 4.79 Å². The van der Waals surface area contributed by atoms with E-state index in [0.29, 0.717) is 38.9 Å². The van der Waals surface area contributed by atoms with E-state index >= 15 is 0 Å². The van der Waals surface area contributed by atoms with E-state index in [1.165, 1.54) is 28.8 Å². The van der Waals surface area contributed by atoms with Crippen LogP contribution in [0.15, 0.2) is 51.8 Å². The Labute approximate surface area is 209 Å². The fourth-order valence-electron chi connectivity index (χ4n) is 4.51. The van der Waals surface area contributed by atoms with Gasteiger partial charge in [-0.15, -0.1) is 0 Å². The van der Waals surface area contributed by atoms with Crippen LogP contribution >= 0.6 is 15.9 Å². The third-order valence-corrected chi connectivity index (χ3v) is 10.6. The summed E-state index contributed by atoms with van der Waals surface area (Å²) in [5.74, 6) is -0.345. The molecule has 11 heteroatoms. The lowest BCUT2D eigenvalue weighted by Crippen LogP contribution is -2.44. The van der Waals surface area contributed by atoms with Crippen molar-refractivity contribution in [1.29, 1.82) is 0 Å². The van der Waals surface area contributed by atoms with E-state index in [0.717, 1.165) is 21.3 Å². The molecule has 0 radical (unpaired) electrons. The first-order valence-electron chi connectivity index (χ1n) is 11.1. The number of nitrogens with zero attached hydrogens (tertiary/aromatic N) is 3. The van der Waals surface area contributed by atoms with Crippen LogP contribution in [0.2, 0.25) is 0 Å². The largest absolute Gasteiger partial charge is 0.312 e. The predicted molar refractivity (Wildman–Crippen MR) is 134 cm³/mol. The maximum absolute atomic E-state index is 13.3. The number of carbonyl (C=O) groups is 1. The summed E-state index contributed by atoms with van der Waals surface area (Å²) in [4.78, 5) is 15.2. The van der Waals surface area contributed by atoms with Crippen molar-refractivity contribution in [1.82, 2.24) is 8.61 Å². The summed E-state index contributed by atoms with van der Waals surface area (Å²) in [5, 5.41) is 0. The predicted octanol–water partition coefficient (Wildman–Crippen LogP) is 2.83. The normalized spacial score (nSPS) is 17.8. The molecule has 0 aromatic heterocycles. The molecule has 0 N–H and O–H groups in total. The Bertz CT molecular complexity index is 1300. The number of halogens is 1. The van der Waals surface area contributed by atoms with Gasteiger partial charge in [0.25, 0.3) is 0 Å². The number of fused-ring (bicyclic) bond motifs is 1. The molecule has 1 amide bonds. The fraction of sp³-hybridized carbons (Fsp3) is 0.435. The van der Waals surface area contributed by atoms with Crippen LogP contribution in [-0.4, -0.2) is 65.1 Å². The summed E-state index contributed by atoms with van der Waals surface area (Å²) in [6.45, 7) is 1.13. The molecule has 2 aliphatic rings. The second-order valence-electron chi connectivity index (χ2n) is 8.88. The van der Waals surface area contributed by atoms with Crippen LogP contribution in [0.3, 0.4) is 0 Å². The quantitative estimate of drug-likeness (QED) is 0.533. The zero-order chi connectivity index (χ0) is 24.7. The average molecular weight is 571 g/mol. The maximum Gasteiger partial charge on any atom is 0.242 e. The summed E-state index contributed by atoms with van der Waals surface area (Å²) in [5.41, 5.74) is 2.30. The van der Waals surface area contributed by atoms with E-state index in [-0.39, 0.29) is 22.5 Å². The Morgan fingerprint density at radius 2 is 1.74 bits per heavy atom. The van der Waals surface area contributed by atoms with E-state index in [2.05, 4.69) is 15.9 Å². The first kappa shape index (κ1) is 25.3. The molecular formula is C23H28BrN3O5S2. The topological polar surface area (TPSA) is 95.1 Å². The first-order valence-corrected chi connectivity index (χ1v) is 14.9. The molecule has 1 saturated heterocycles. The molecule has 0 aliphatic carbocycles. The Kier molecular flexibility index (Phi) is 7.21. The van der Waals surface area contributed by atoms with Crippen molar-refractivity contribution in [2.24, 2.45) is 5.92 Å². The highest BCUT2D eigenvalue weighted by atomic mass is 79.9. The van der Waals surface area contributed by atoms with E-state index in [1.54, 1.807) is 29.2 Å². The van der Waals surface area contributed by atoms with E-state index in [9.17, 15) is 21.6 Å². The highest BCUT2D eigenvalue weighted by molar-refractivity contribution is 9.10. The second-order valence-corrected chi connectivity index (χ2v) is 13.9. The number of hydrogen-bond acceptors (Lipinski definition) is 5. The lowest BCUT2D eigenvalue weighted by Gasteiger charge is -2.32. The number of hydrogen-bond donors (Lipinski definition) is 0. The van der Waals surface area contributed by atoms with Gasteiger partial charge in [0.1, 0.15) is 0 Å². The maximum atomic E-state index is 13.3. The van der Waals surface area contributed by atoms with Crippen molar-refractivity contribution in [2.75, 3.05) is 38.6 Å². The van der Waals surface area contributed by atoms with Crippen LogP contribution in [0, 0.1) is 5.92 Å². The van der Waals surface area contributed by atoms with Crippen molar-refractivity contribution in [3.8, 4) is 0 Å². The van der Waals surface area contributed by atoms with Gasteiger partial charge in [-0.25, -0.2) is 25.4 Å². The third kappa shape index (κ3) is 5.08. The number of anilines is 1. The van der Waals surface area contributed by atoms with Gasteiger partial charge in [-0.1, -0.05) is 28.1 Å². The molecule has 2 aromatic rings. The summed E-state index contributed by atoms with van der Waals surface area (Å²) < 4.78 is 54.1. The second kappa shape index (κ2) is 9.69. The average Bonchev–Trinajstić information content (AvgIpc) is 3.21. The van der Waals surface area contributed by atoms with Crippen LogP contribution in [0.4, 0.5) is 5.69 Å². The molecule has 0 atom stereocenters. The highest BCUT2D eigenvalue weighted by Gasteiger charge is 2.35. The highest BCUT2D eigenvalue weighted by Crippen LogP contribution is 2.34. The number of sulfonamides is 2. The van der Waals surface area contributed by atoms with Gasteiger partial charge in [-0.05, 0) is 60.7 Å². The monoisotopic (exact) mass is 569 g/mol. The minimum atomic E-state index is -3.54. The Balaban J connectivity index is 1.41. The number of carbonyl (C=O) groups excluding carboxylic acids is 1. The van der Waals surface area contributed by atoms with Gasteiger partial charge >= 0.3 is 0 Å². The minimum absolute atomic E-state index is 0.0222. The number of amides is 1. The number of piperidine rings is 1. The molecule has 0 saturated carbocycles. The molecule has 2 aromatic carbocycles. The van der Waals surface area contributed by atoms with Crippen LogP contribution in [0.25, 0.3) is 0 Å². The molecule has 0 unspecified atom stereocenters. The van der Waals surface area contributed by atoms with Crippen molar-refractivity contribution >= 4 is 47.6 Å². The van der Waals surface area contributed by atoms with Gasteiger partial charge < -0.3 is 4.90 Å². The molecule has 8 nitrogen and oxygen atoms in total. The fourth-order valence-corrected chi connectivity index (χ4v) is 7.46. The standard InChI is InChI=1S/C23H28BrN3O5S2/c1-25(2)34(31,32)21-6-7-22-19(15-21)10-13-27(22)23(28)18-8-11-26(12-9-18)33(29,30)16-17-4-3-5-20(24)14-17/h3-7,14-15,18H,8-13,16H2,1-2H3. The minimum Gasteiger partial charge on any atom is -0.312 e. The van der Waals surface area contributed by atoms with Crippen LogP contribution in [-0.2, 0) is 37.0 Å². The van der Waals surface area contributed by atoms with Crippen molar-refractivity contribution in [3.05, 3.63) is 58.1 Å². The number of rotatable bonds is 6. The first-order chi connectivity index (χ1) is 16.0. The van der Waals surface area contributed by atoms with Gasteiger partial charge in [0.05, 0.1) is 10.6 Å². The zero-order valence-electron chi connectivity index (χ0n) is 19.1. The molecule has 0 bridgehead atoms. The third-order valence-electron chi connectivity index (χ3n) is 6.43. The molecule has 2 heterocycles. The Morgan fingerprint density at radius 1 is 1.03 bits per heavy atom. The summed E-state index contributed by atoms with van der Waals surface area (Å²) in [6.07, 6.45) is 1.53. The Morgan fingerprint density at radius 3 is 2.38 bits per heavy atom. The van der Waals surface area contributed by atoms with E-state index in [4.69, 9.17) is 0 Å². The molecule has 184 valence electrons. The van der Waals surface area contributed by atoms with Gasteiger partial charge in [-0.2, -0.15) is 0 Å². The van der Waals surface area contributed by atoms with Crippen LogP contribution < -0.4 is 4.90 Å². The zero-order valence-corrected chi connectivity index (χ0v) is 22.4. The van der Waals surface area contributed by atoms with Crippen LogP contribution in [0.5, 0.6) is 0 Å². The molecule has 1 fully saturated rings. The summed E-state index contributed by atoms with van der Waals surface area (Å²) in [6, 6.07) is 12.1.